The zero-order chi connectivity index (χ0) is 12.0. The highest BCUT2D eigenvalue weighted by Crippen LogP contribution is 2.09. The van der Waals surface area contributed by atoms with E-state index in [0.29, 0.717) is 6.61 Å². The first kappa shape index (κ1) is 13.1. The van der Waals surface area contributed by atoms with Gasteiger partial charge in [-0.15, -0.1) is 0 Å². The van der Waals surface area contributed by atoms with Crippen LogP contribution >= 0.6 is 0 Å². The van der Waals surface area contributed by atoms with Gasteiger partial charge in [-0.2, -0.15) is 23.0 Å². The summed E-state index contributed by atoms with van der Waals surface area (Å²) in [7, 11) is -1.99. The van der Waals surface area contributed by atoms with E-state index in [0.717, 1.165) is 5.56 Å². The Morgan fingerprint density at radius 2 is 2.38 bits per heavy atom. The zero-order valence-electron chi connectivity index (χ0n) is 9.23. The van der Waals surface area contributed by atoms with E-state index in [2.05, 4.69) is 19.6 Å². The molecule has 1 aromatic heterocycles. The molecule has 1 atom stereocenters. The molecular weight excluding hydrogens is 232 g/mol. The van der Waals surface area contributed by atoms with Crippen LogP contribution in [0.3, 0.4) is 0 Å². The van der Waals surface area contributed by atoms with Crippen LogP contribution in [0.4, 0.5) is 0 Å². The molecule has 1 rings (SSSR count). The largest absolute Gasteiger partial charge is 0.383 e. The predicted octanol–water partition coefficient (Wildman–Crippen LogP) is -0.459. The van der Waals surface area contributed by atoms with E-state index in [4.69, 9.17) is 4.74 Å². The van der Waals surface area contributed by atoms with E-state index in [1.165, 1.54) is 7.11 Å². The second-order valence-electron chi connectivity index (χ2n) is 3.26. The number of ether oxygens (including phenoxy) is 1. The van der Waals surface area contributed by atoms with Crippen molar-refractivity contribution in [3.8, 4) is 0 Å². The molecule has 0 saturated heterocycles. The number of rotatable bonds is 7. The monoisotopic (exact) mass is 248 g/mol. The quantitative estimate of drug-likeness (QED) is 0.569. The van der Waals surface area contributed by atoms with Gasteiger partial charge in [0.1, 0.15) is 0 Å². The summed E-state index contributed by atoms with van der Waals surface area (Å²) >= 11 is 0. The fourth-order valence-corrected chi connectivity index (χ4v) is 2.16. The van der Waals surface area contributed by atoms with Gasteiger partial charge >= 0.3 is 0 Å². The van der Waals surface area contributed by atoms with Crippen molar-refractivity contribution < 1.29 is 13.2 Å². The van der Waals surface area contributed by atoms with Gasteiger partial charge in [0, 0.05) is 31.5 Å². The normalized spacial score (nSPS) is 13.9. The second-order valence-corrected chi connectivity index (χ2v) is 4.79. The van der Waals surface area contributed by atoms with Gasteiger partial charge in [-0.25, -0.2) is 0 Å². The van der Waals surface area contributed by atoms with Crippen LogP contribution in [0.15, 0.2) is 12.4 Å². The lowest BCUT2D eigenvalue weighted by Crippen LogP contribution is -2.39. The Bertz CT molecular complexity index is 389. The topological polar surface area (TPSA) is 96.1 Å². The molecule has 0 fully saturated rings. The van der Waals surface area contributed by atoms with E-state index >= 15 is 0 Å². The first-order valence-electron chi connectivity index (χ1n) is 4.79. The highest BCUT2D eigenvalue weighted by atomic mass is 32.2. The molecule has 1 heterocycles. The number of hydrogen-bond acceptors (Lipinski definition) is 4. The Labute approximate surface area is 94.8 Å². The van der Waals surface area contributed by atoms with E-state index in [-0.39, 0.29) is 12.6 Å². The molecule has 0 saturated carbocycles. The van der Waals surface area contributed by atoms with Gasteiger partial charge in [0.05, 0.1) is 12.8 Å². The van der Waals surface area contributed by atoms with E-state index in [1.807, 2.05) is 0 Å². The lowest BCUT2D eigenvalue weighted by atomic mass is 10.2. The van der Waals surface area contributed by atoms with E-state index < -0.39 is 10.2 Å². The van der Waals surface area contributed by atoms with Crippen LogP contribution in [0.5, 0.6) is 0 Å². The van der Waals surface area contributed by atoms with Crippen LogP contribution in [0, 0.1) is 0 Å². The van der Waals surface area contributed by atoms with Gasteiger partial charge in [-0.05, 0) is 6.92 Å². The Hall–Kier alpha value is -0.960. The summed E-state index contributed by atoms with van der Waals surface area (Å²) < 4.78 is 32.6. The number of H-pyrrole nitrogens is 1. The van der Waals surface area contributed by atoms with Crippen molar-refractivity contribution in [1.29, 1.82) is 0 Å². The fraction of sp³-hybridized carbons (Fsp3) is 0.625. The van der Waals surface area contributed by atoms with Crippen molar-refractivity contribution >= 4 is 10.2 Å². The summed E-state index contributed by atoms with van der Waals surface area (Å²) in [6.45, 7) is 2.31. The maximum absolute atomic E-state index is 11.5. The van der Waals surface area contributed by atoms with Crippen molar-refractivity contribution in [2.45, 2.75) is 13.0 Å². The molecule has 0 aromatic carbocycles. The van der Waals surface area contributed by atoms with Crippen molar-refractivity contribution in [3.63, 3.8) is 0 Å². The summed E-state index contributed by atoms with van der Waals surface area (Å²) in [6.07, 6.45) is 3.21. The molecule has 0 amide bonds. The minimum absolute atomic E-state index is 0.240. The number of methoxy groups -OCH3 is 1. The van der Waals surface area contributed by atoms with Gasteiger partial charge in [-0.3, -0.25) is 5.10 Å². The summed E-state index contributed by atoms with van der Waals surface area (Å²) in [5.41, 5.74) is 0.775. The zero-order valence-corrected chi connectivity index (χ0v) is 10.0. The van der Waals surface area contributed by atoms with Crippen molar-refractivity contribution in [3.05, 3.63) is 18.0 Å². The van der Waals surface area contributed by atoms with Crippen molar-refractivity contribution in [2.75, 3.05) is 20.3 Å². The lowest BCUT2D eigenvalue weighted by Gasteiger charge is -2.12. The molecule has 8 heteroatoms. The molecular formula is C8H16N4O3S. The van der Waals surface area contributed by atoms with Crippen LogP contribution in [0.25, 0.3) is 0 Å². The fourth-order valence-electron chi connectivity index (χ4n) is 1.12. The second kappa shape index (κ2) is 5.94. The molecule has 1 unspecified atom stereocenters. The van der Waals surface area contributed by atoms with Crippen molar-refractivity contribution in [2.24, 2.45) is 0 Å². The molecule has 0 aliphatic rings. The third-order valence-corrected chi connectivity index (χ3v) is 3.20. The SMILES string of the molecule is COCCNS(=O)(=O)NC(C)c1cn[nH]c1. The Morgan fingerprint density at radius 3 is 2.94 bits per heavy atom. The summed E-state index contributed by atoms with van der Waals surface area (Å²) in [6, 6.07) is -0.334. The molecule has 3 N–H and O–H groups in total. The van der Waals surface area contributed by atoms with Crippen LogP contribution in [0.2, 0.25) is 0 Å². The molecule has 7 nitrogen and oxygen atoms in total. The first-order chi connectivity index (χ1) is 7.55. The van der Waals surface area contributed by atoms with Gasteiger partial charge in [0.15, 0.2) is 0 Å². The maximum atomic E-state index is 11.5. The summed E-state index contributed by atoms with van der Waals surface area (Å²) in [5, 5.41) is 6.37. The highest BCUT2D eigenvalue weighted by Gasteiger charge is 2.15. The average molecular weight is 248 g/mol. The molecule has 0 spiro atoms. The lowest BCUT2D eigenvalue weighted by molar-refractivity contribution is 0.204. The number of hydrogen-bond donors (Lipinski definition) is 3. The van der Waals surface area contributed by atoms with Gasteiger partial charge in [-0.1, -0.05) is 0 Å². The third-order valence-electron chi connectivity index (χ3n) is 1.95. The molecule has 16 heavy (non-hydrogen) atoms. The van der Waals surface area contributed by atoms with Crippen LogP contribution in [-0.4, -0.2) is 38.9 Å². The Morgan fingerprint density at radius 1 is 1.62 bits per heavy atom. The molecule has 92 valence electrons. The van der Waals surface area contributed by atoms with E-state index in [9.17, 15) is 8.42 Å². The standard InChI is InChI=1S/C8H16N4O3S/c1-7(8-5-9-10-6-8)12-16(13,14)11-3-4-15-2/h5-7,11-12H,3-4H2,1-2H3,(H,9,10). The Balaban J connectivity index is 2.46. The maximum Gasteiger partial charge on any atom is 0.277 e. The van der Waals surface area contributed by atoms with Gasteiger partial charge < -0.3 is 4.74 Å². The molecule has 0 radical (unpaired) electrons. The number of nitrogens with zero attached hydrogens (tertiary/aromatic N) is 1. The number of nitrogens with one attached hydrogen (secondary N) is 3. The predicted molar refractivity (Wildman–Crippen MR) is 58.9 cm³/mol. The van der Waals surface area contributed by atoms with Crippen LogP contribution in [0.1, 0.15) is 18.5 Å². The number of aromatic nitrogens is 2. The minimum Gasteiger partial charge on any atom is -0.383 e. The van der Waals surface area contributed by atoms with Gasteiger partial charge in [0.25, 0.3) is 10.2 Å². The molecule has 0 aliphatic carbocycles. The van der Waals surface area contributed by atoms with E-state index in [1.54, 1.807) is 19.3 Å². The van der Waals surface area contributed by atoms with Crippen molar-refractivity contribution in [1.82, 2.24) is 19.6 Å². The summed E-state index contributed by atoms with van der Waals surface area (Å²) in [4.78, 5) is 0. The number of aromatic amines is 1. The highest BCUT2D eigenvalue weighted by molar-refractivity contribution is 7.87. The van der Waals surface area contributed by atoms with Gasteiger partial charge in [0.2, 0.25) is 0 Å². The molecule has 1 aromatic rings. The summed E-state index contributed by atoms with van der Waals surface area (Å²) in [5.74, 6) is 0. The average Bonchev–Trinajstić information content (AvgIpc) is 2.69. The minimum atomic E-state index is -3.50. The van der Waals surface area contributed by atoms with Crippen LogP contribution < -0.4 is 9.44 Å². The smallest absolute Gasteiger partial charge is 0.277 e. The third kappa shape index (κ3) is 4.27. The molecule has 0 aliphatic heterocycles. The molecule has 0 bridgehead atoms. The Kier molecular flexibility index (Phi) is 4.87. The first-order valence-corrected chi connectivity index (χ1v) is 6.28. The van der Waals surface area contributed by atoms with Crippen LogP contribution in [-0.2, 0) is 14.9 Å².